The van der Waals surface area contributed by atoms with Crippen molar-refractivity contribution in [2.45, 2.75) is 70.1 Å². The van der Waals surface area contributed by atoms with Crippen LogP contribution in [0.5, 0.6) is 0 Å². The molecule has 3 aromatic rings. The van der Waals surface area contributed by atoms with Gasteiger partial charge >= 0.3 is 0 Å². The number of carbonyl (C=O) groups excluding carboxylic acids is 1. The average molecular weight is 453 g/mol. The Bertz CT molecular complexity index is 1050. The van der Waals surface area contributed by atoms with Gasteiger partial charge in [0.2, 0.25) is 0 Å². The highest BCUT2D eigenvalue weighted by atomic mass is 32.2. The second-order valence-corrected chi connectivity index (χ2v) is 9.33. The second-order valence-electron chi connectivity index (χ2n) is 8.55. The van der Waals surface area contributed by atoms with Crippen molar-refractivity contribution in [3.63, 3.8) is 0 Å². The van der Waals surface area contributed by atoms with E-state index in [4.69, 9.17) is 0 Å². The molecule has 32 heavy (non-hydrogen) atoms. The molecule has 1 aromatic carbocycles. The Morgan fingerprint density at radius 1 is 1.16 bits per heavy atom. The normalized spacial score (nSPS) is 14.2. The van der Waals surface area contributed by atoms with E-state index in [0.29, 0.717) is 24.7 Å². The molecular formula is C24H32N6OS. The van der Waals surface area contributed by atoms with Gasteiger partial charge in [0.05, 0.1) is 12.2 Å². The molecule has 1 saturated carbocycles. The molecule has 2 heterocycles. The first-order valence-electron chi connectivity index (χ1n) is 11.4. The Hall–Kier alpha value is -2.61. The van der Waals surface area contributed by atoms with Crippen LogP contribution in [0.15, 0.2) is 35.5 Å². The Kier molecular flexibility index (Phi) is 7.29. The number of nitrogens with one attached hydrogen (secondary N) is 1. The lowest BCUT2D eigenvalue weighted by Crippen LogP contribution is -2.25. The molecule has 1 fully saturated rings. The van der Waals surface area contributed by atoms with Gasteiger partial charge in [0.1, 0.15) is 5.82 Å². The first-order valence-corrected chi connectivity index (χ1v) is 12.6. The predicted molar refractivity (Wildman–Crippen MR) is 127 cm³/mol. The highest BCUT2D eigenvalue weighted by Crippen LogP contribution is 2.33. The Labute approximate surface area is 194 Å². The monoisotopic (exact) mass is 452 g/mol. The quantitative estimate of drug-likeness (QED) is 0.386. The zero-order chi connectivity index (χ0) is 22.5. The molecule has 4 rings (SSSR count). The van der Waals surface area contributed by atoms with E-state index in [1.165, 1.54) is 25.7 Å². The fourth-order valence-electron chi connectivity index (χ4n) is 4.47. The van der Waals surface area contributed by atoms with Gasteiger partial charge in [-0.05, 0) is 63.1 Å². The summed E-state index contributed by atoms with van der Waals surface area (Å²) in [7, 11) is 0. The zero-order valence-electron chi connectivity index (χ0n) is 19.2. The molecule has 0 atom stereocenters. The predicted octanol–water partition coefficient (Wildman–Crippen LogP) is 4.34. The number of amides is 1. The molecule has 0 spiro atoms. The van der Waals surface area contributed by atoms with Crippen molar-refractivity contribution in [2.75, 3.05) is 12.8 Å². The first kappa shape index (κ1) is 22.6. The first-order chi connectivity index (χ1) is 15.5. The largest absolute Gasteiger partial charge is 0.352 e. The molecule has 1 aliphatic rings. The number of hydrogen-bond acceptors (Lipinski definition) is 5. The maximum Gasteiger partial charge on any atom is 0.251 e. The molecule has 1 amide bonds. The third-order valence-electron chi connectivity index (χ3n) is 6.12. The Balaban J connectivity index is 1.27. The van der Waals surface area contributed by atoms with Crippen LogP contribution in [0.2, 0.25) is 0 Å². The van der Waals surface area contributed by atoms with Crippen LogP contribution < -0.4 is 5.32 Å². The number of aromatic nitrogens is 5. The van der Waals surface area contributed by atoms with Gasteiger partial charge in [-0.2, -0.15) is 5.10 Å². The van der Waals surface area contributed by atoms with Crippen molar-refractivity contribution in [3.05, 3.63) is 58.7 Å². The van der Waals surface area contributed by atoms with Gasteiger partial charge in [-0.3, -0.25) is 9.48 Å². The fraction of sp³-hybridized carbons (Fsp3) is 0.500. The van der Waals surface area contributed by atoms with E-state index < -0.39 is 0 Å². The zero-order valence-corrected chi connectivity index (χ0v) is 20.0. The van der Waals surface area contributed by atoms with Crippen LogP contribution in [-0.4, -0.2) is 43.3 Å². The molecule has 1 N–H and O–H groups in total. The van der Waals surface area contributed by atoms with Crippen molar-refractivity contribution in [1.29, 1.82) is 0 Å². The minimum absolute atomic E-state index is 0.0373. The minimum atomic E-state index is -0.0373. The fourth-order valence-corrected chi connectivity index (χ4v) is 5.04. The van der Waals surface area contributed by atoms with Gasteiger partial charge in [-0.15, -0.1) is 10.2 Å². The summed E-state index contributed by atoms with van der Waals surface area (Å²) in [6.45, 7) is 5.39. The number of hydrogen-bond donors (Lipinski definition) is 1. The smallest absolute Gasteiger partial charge is 0.251 e. The SMILES string of the molecule is CSc1nnc(CCCNC(=O)c2ccc(Cn3nc(C)cc3C)cc2)n1C1CCCC1. The van der Waals surface area contributed by atoms with Gasteiger partial charge in [-0.1, -0.05) is 36.7 Å². The third-order valence-corrected chi connectivity index (χ3v) is 6.77. The molecular weight excluding hydrogens is 420 g/mol. The second kappa shape index (κ2) is 10.3. The maximum atomic E-state index is 12.5. The molecule has 0 aliphatic heterocycles. The highest BCUT2D eigenvalue weighted by molar-refractivity contribution is 7.98. The van der Waals surface area contributed by atoms with Crippen molar-refractivity contribution in [1.82, 2.24) is 29.9 Å². The summed E-state index contributed by atoms with van der Waals surface area (Å²) in [5.74, 6) is 1.01. The summed E-state index contributed by atoms with van der Waals surface area (Å²) < 4.78 is 4.32. The van der Waals surface area contributed by atoms with Crippen molar-refractivity contribution < 1.29 is 4.79 Å². The lowest BCUT2D eigenvalue weighted by atomic mass is 10.1. The summed E-state index contributed by atoms with van der Waals surface area (Å²) in [5, 5.41) is 17.4. The highest BCUT2D eigenvalue weighted by Gasteiger charge is 2.23. The van der Waals surface area contributed by atoms with Crippen LogP contribution in [0.3, 0.4) is 0 Å². The standard InChI is InChI=1S/C24H32N6OS/c1-17-15-18(2)29(28-17)16-19-10-12-20(13-11-19)23(31)25-14-6-9-22-26-27-24(32-3)30(22)21-7-4-5-8-21/h10-13,15,21H,4-9,14,16H2,1-3H3,(H,25,31). The third kappa shape index (κ3) is 5.23. The summed E-state index contributed by atoms with van der Waals surface area (Å²) in [4.78, 5) is 12.5. The molecule has 1 aliphatic carbocycles. The van der Waals surface area contributed by atoms with E-state index in [0.717, 1.165) is 40.8 Å². The van der Waals surface area contributed by atoms with Crippen LogP contribution >= 0.6 is 11.8 Å². The van der Waals surface area contributed by atoms with Gasteiger partial charge in [0, 0.05) is 30.3 Å². The lowest BCUT2D eigenvalue weighted by Gasteiger charge is -2.16. The van der Waals surface area contributed by atoms with Gasteiger partial charge in [0.15, 0.2) is 5.16 Å². The van der Waals surface area contributed by atoms with Crippen molar-refractivity contribution in [2.24, 2.45) is 0 Å². The van der Waals surface area contributed by atoms with E-state index in [9.17, 15) is 4.79 Å². The summed E-state index contributed by atoms with van der Waals surface area (Å²) in [6, 6.07) is 10.4. The molecule has 0 bridgehead atoms. The van der Waals surface area contributed by atoms with Crippen LogP contribution in [0.4, 0.5) is 0 Å². The molecule has 2 aromatic heterocycles. The van der Waals surface area contributed by atoms with Crippen LogP contribution in [0, 0.1) is 13.8 Å². The van der Waals surface area contributed by atoms with Crippen LogP contribution in [0.1, 0.15) is 71.3 Å². The van der Waals surface area contributed by atoms with Gasteiger partial charge < -0.3 is 9.88 Å². The summed E-state index contributed by atoms with van der Waals surface area (Å²) >= 11 is 1.66. The Morgan fingerprint density at radius 2 is 1.91 bits per heavy atom. The number of nitrogens with zero attached hydrogens (tertiary/aromatic N) is 5. The van der Waals surface area contributed by atoms with Gasteiger partial charge in [-0.25, -0.2) is 0 Å². The van der Waals surface area contributed by atoms with Gasteiger partial charge in [0.25, 0.3) is 5.91 Å². The Morgan fingerprint density at radius 3 is 2.56 bits per heavy atom. The number of thioether (sulfide) groups is 1. The number of benzene rings is 1. The molecule has 8 heteroatoms. The van der Waals surface area contributed by atoms with E-state index >= 15 is 0 Å². The van der Waals surface area contributed by atoms with E-state index in [-0.39, 0.29) is 5.91 Å². The minimum Gasteiger partial charge on any atom is -0.352 e. The van der Waals surface area contributed by atoms with E-state index in [2.05, 4.69) is 44.4 Å². The molecule has 0 radical (unpaired) electrons. The van der Waals surface area contributed by atoms with Crippen molar-refractivity contribution >= 4 is 17.7 Å². The summed E-state index contributed by atoms with van der Waals surface area (Å²) in [5.41, 5.74) is 3.96. The molecule has 7 nitrogen and oxygen atoms in total. The summed E-state index contributed by atoms with van der Waals surface area (Å²) in [6.07, 6.45) is 8.73. The van der Waals surface area contributed by atoms with Crippen molar-refractivity contribution in [3.8, 4) is 0 Å². The topological polar surface area (TPSA) is 77.6 Å². The number of aryl methyl sites for hydroxylation is 3. The van der Waals surface area contributed by atoms with Crippen LogP contribution in [0.25, 0.3) is 0 Å². The average Bonchev–Trinajstić information content (AvgIpc) is 3.52. The number of rotatable bonds is 9. The maximum absolute atomic E-state index is 12.5. The van der Waals surface area contributed by atoms with E-state index in [1.807, 2.05) is 35.9 Å². The number of carbonyl (C=O) groups is 1. The molecule has 0 unspecified atom stereocenters. The molecule has 170 valence electrons. The lowest BCUT2D eigenvalue weighted by molar-refractivity contribution is 0.0953. The molecule has 0 saturated heterocycles. The van der Waals surface area contributed by atoms with E-state index in [1.54, 1.807) is 11.8 Å². The van der Waals surface area contributed by atoms with Crippen LogP contribution in [-0.2, 0) is 13.0 Å².